The molecule has 2 N–H and O–H groups in total. The summed E-state index contributed by atoms with van der Waals surface area (Å²) in [6, 6.07) is 10.7. The molecule has 8 nitrogen and oxygen atoms in total. The Morgan fingerprint density at radius 1 is 1.22 bits per heavy atom. The van der Waals surface area contributed by atoms with Crippen molar-refractivity contribution in [2.45, 2.75) is 6.61 Å². The average molecular weight is 458 g/mol. The molecule has 1 aliphatic heterocycles. The summed E-state index contributed by atoms with van der Waals surface area (Å²) in [6.45, 7) is -2.82. The van der Waals surface area contributed by atoms with Crippen molar-refractivity contribution in [2.24, 2.45) is 0 Å². The summed E-state index contributed by atoms with van der Waals surface area (Å²) in [5.74, 6) is -0.830. The van der Waals surface area contributed by atoms with Gasteiger partial charge in [0.05, 0.1) is 22.3 Å². The van der Waals surface area contributed by atoms with E-state index in [9.17, 15) is 23.2 Å². The van der Waals surface area contributed by atoms with Gasteiger partial charge in [-0.2, -0.15) is 8.78 Å². The van der Waals surface area contributed by atoms with Crippen molar-refractivity contribution < 1.29 is 27.9 Å². The lowest BCUT2D eigenvalue weighted by Crippen LogP contribution is -2.37. The predicted molar refractivity (Wildman–Crippen MR) is 114 cm³/mol. The number of nitrogens with zero attached hydrogens (tertiary/aromatic N) is 2. The van der Waals surface area contributed by atoms with Crippen LogP contribution in [0.3, 0.4) is 0 Å². The van der Waals surface area contributed by atoms with Gasteiger partial charge in [0.2, 0.25) is 0 Å². The average Bonchev–Trinajstić information content (AvgIpc) is 3.33. The van der Waals surface area contributed by atoms with E-state index in [2.05, 4.69) is 20.0 Å². The number of carbonyl (C=O) groups is 3. The van der Waals surface area contributed by atoms with E-state index in [-0.39, 0.29) is 29.7 Å². The Hall–Kier alpha value is -3.73. The van der Waals surface area contributed by atoms with Crippen molar-refractivity contribution in [3.05, 3.63) is 64.8 Å². The number of alkyl halides is 2. The molecule has 0 radical (unpaired) electrons. The summed E-state index contributed by atoms with van der Waals surface area (Å²) in [5.41, 5.74) is 2.44. The number of imidazole rings is 1. The number of imide groups is 1. The summed E-state index contributed by atoms with van der Waals surface area (Å²) < 4.78 is 28.7. The quantitative estimate of drug-likeness (QED) is 0.524. The first-order chi connectivity index (χ1) is 15.4. The zero-order valence-corrected chi connectivity index (χ0v) is 17.2. The number of nitrogens with one attached hydrogen (secondary N) is 2. The summed E-state index contributed by atoms with van der Waals surface area (Å²) in [5, 5.41) is 2.24. The van der Waals surface area contributed by atoms with E-state index in [1.807, 2.05) is 0 Å². The molecular formula is C21H16F2N4O4S. The molecule has 0 spiro atoms. The minimum Gasteiger partial charge on any atom is -0.435 e. The smallest absolute Gasteiger partial charge is 0.387 e. The zero-order valence-electron chi connectivity index (χ0n) is 16.4. The lowest BCUT2D eigenvalue weighted by molar-refractivity contribution is -0.122. The van der Waals surface area contributed by atoms with Crippen LogP contribution in [0.4, 0.5) is 13.6 Å². The van der Waals surface area contributed by atoms with E-state index in [0.717, 1.165) is 27.7 Å². The van der Waals surface area contributed by atoms with Crippen LogP contribution < -0.4 is 10.1 Å². The van der Waals surface area contributed by atoms with E-state index >= 15 is 0 Å². The number of halogens is 2. The van der Waals surface area contributed by atoms with Crippen molar-refractivity contribution in [1.82, 2.24) is 20.2 Å². The number of amides is 3. The third-order valence-corrected chi connectivity index (χ3v) is 5.49. The number of carbonyl (C=O) groups excluding carboxylic acids is 3. The van der Waals surface area contributed by atoms with Crippen molar-refractivity contribution in [3.8, 4) is 5.75 Å². The van der Waals surface area contributed by atoms with Gasteiger partial charge in [-0.25, -0.2) is 4.98 Å². The summed E-state index contributed by atoms with van der Waals surface area (Å²) in [4.78, 5) is 45.4. The van der Waals surface area contributed by atoms with Gasteiger partial charge in [0.1, 0.15) is 5.75 Å². The third-order valence-electron chi connectivity index (χ3n) is 4.58. The van der Waals surface area contributed by atoms with Gasteiger partial charge in [-0.15, -0.1) is 0 Å². The molecule has 1 saturated heterocycles. The SMILES string of the molecule is O=C(NCCN1C(=O)S/C(=C\c2ccc(OC(F)F)cc2)C1=O)c1ccc2nc[nH]c2c1. The minimum absolute atomic E-state index is 0.00678. The molecule has 0 atom stereocenters. The molecule has 0 bridgehead atoms. The fraction of sp³-hybridized carbons (Fsp3) is 0.143. The standard InChI is InChI=1S/C21H16F2N4O4S/c22-20(23)31-14-4-1-12(2-5-14)9-17-19(29)27(21(30)32-17)8-7-24-18(28)13-3-6-15-16(10-13)26-11-25-15/h1-6,9-11,20H,7-8H2,(H,24,28)(H,25,26)/b17-9-. The van der Waals surface area contributed by atoms with Crippen LogP contribution >= 0.6 is 11.8 Å². The van der Waals surface area contributed by atoms with Gasteiger partial charge in [-0.05, 0) is 53.7 Å². The molecule has 2 aromatic carbocycles. The van der Waals surface area contributed by atoms with Gasteiger partial charge in [-0.3, -0.25) is 19.3 Å². The van der Waals surface area contributed by atoms with Crippen LogP contribution in [0.5, 0.6) is 5.75 Å². The fourth-order valence-electron chi connectivity index (χ4n) is 3.05. The topological polar surface area (TPSA) is 104 Å². The van der Waals surface area contributed by atoms with Gasteiger partial charge in [-0.1, -0.05) is 12.1 Å². The molecule has 1 fully saturated rings. The van der Waals surface area contributed by atoms with Crippen LogP contribution in [0, 0.1) is 0 Å². The Morgan fingerprint density at radius 3 is 2.75 bits per heavy atom. The van der Waals surface area contributed by atoms with Gasteiger partial charge < -0.3 is 15.0 Å². The largest absolute Gasteiger partial charge is 0.435 e. The summed E-state index contributed by atoms with van der Waals surface area (Å²) in [7, 11) is 0. The predicted octanol–water partition coefficient (Wildman–Crippen LogP) is 3.63. The number of thioether (sulfide) groups is 1. The second kappa shape index (κ2) is 9.18. The van der Waals surface area contributed by atoms with Crippen molar-refractivity contribution in [1.29, 1.82) is 0 Å². The second-order valence-electron chi connectivity index (χ2n) is 6.67. The maximum atomic E-state index is 12.6. The van der Waals surface area contributed by atoms with Gasteiger partial charge in [0, 0.05) is 18.7 Å². The van der Waals surface area contributed by atoms with E-state index in [1.165, 1.54) is 36.7 Å². The molecule has 3 amide bonds. The van der Waals surface area contributed by atoms with E-state index < -0.39 is 17.8 Å². The Balaban J connectivity index is 1.34. The second-order valence-corrected chi connectivity index (χ2v) is 7.66. The number of hydrogen-bond acceptors (Lipinski definition) is 6. The Morgan fingerprint density at radius 2 is 2.00 bits per heavy atom. The molecule has 32 heavy (non-hydrogen) atoms. The Kier molecular flexibility index (Phi) is 6.17. The molecule has 4 rings (SSSR count). The van der Waals surface area contributed by atoms with Gasteiger partial charge >= 0.3 is 6.61 Å². The first-order valence-electron chi connectivity index (χ1n) is 9.42. The zero-order chi connectivity index (χ0) is 22.7. The molecule has 2 heterocycles. The number of ether oxygens (including phenoxy) is 1. The van der Waals surface area contributed by atoms with Gasteiger partial charge in [0.15, 0.2) is 0 Å². The van der Waals surface area contributed by atoms with Gasteiger partial charge in [0.25, 0.3) is 17.1 Å². The highest BCUT2D eigenvalue weighted by Gasteiger charge is 2.34. The van der Waals surface area contributed by atoms with Crippen LogP contribution in [-0.4, -0.2) is 51.6 Å². The maximum Gasteiger partial charge on any atom is 0.387 e. The Bertz CT molecular complexity index is 1210. The lowest BCUT2D eigenvalue weighted by atomic mass is 10.2. The molecule has 164 valence electrons. The van der Waals surface area contributed by atoms with Crippen LogP contribution in [0.15, 0.2) is 53.7 Å². The van der Waals surface area contributed by atoms with Crippen LogP contribution in [0.25, 0.3) is 17.1 Å². The molecule has 1 aliphatic rings. The molecule has 11 heteroatoms. The summed E-state index contributed by atoms with van der Waals surface area (Å²) in [6.07, 6.45) is 3.03. The third kappa shape index (κ3) is 4.78. The maximum absolute atomic E-state index is 12.6. The van der Waals surface area contributed by atoms with Crippen molar-refractivity contribution in [3.63, 3.8) is 0 Å². The number of H-pyrrole nitrogens is 1. The monoisotopic (exact) mass is 458 g/mol. The summed E-state index contributed by atoms with van der Waals surface area (Å²) >= 11 is 0.773. The molecular weight excluding hydrogens is 442 g/mol. The van der Waals surface area contributed by atoms with Crippen molar-refractivity contribution in [2.75, 3.05) is 13.1 Å². The molecule has 3 aromatic rings. The molecule has 0 unspecified atom stereocenters. The number of fused-ring (bicyclic) bond motifs is 1. The van der Waals surface area contributed by atoms with E-state index in [0.29, 0.717) is 11.1 Å². The fourth-order valence-corrected chi connectivity index (χ4v) is 3.91. The highest BCUT2D eigenvalue weighted by molar-refractivity contribution is 8.18. The van der Waals surface area contributed by atoms with Crippen LogP contribution in [-0.2, 0) is 4.79 Å². The highest BCUT2D eigenvalue weighted by atomic mass is 32.2. The number of rotatable bonds is 7. The normalized spacial score (nSPS) is 15.2. The first kappa shape index (κ1) is 21.5. The molecule has 0 aliphatic carbocycles. The number of hydrogen-bond donors (Lipinski definition) is 2. The van der Waals surface area contributed by atoms with Crippen molar-refractivity contribution >= 4 is 45.9 Å². The Labute approximate surface area is 184 Å². The number of benzene rings is 2. The first-order valence-corrected chi connectivity index (χ1v) is 10.2. The number of aromatic amines is 1. The number of aromatic nitrogens is 2. The van der Waals surface area contributed by atoms with E-state index in [1.54, 1.807) is 18.2 Å². The lowest BCUT2D eigenvalue weighted by Gasteiger charge is -2.13. The van der Waals surface area contributed by atoms with E-state index in [4.69, 9.17) is 0 Å². The van der Waals surface area contributed by atoms with Crippen LogP contribution in [0.2, 0.25) is 0 Å². The van der Waals surface area contributed by atoms with Crippen LogP contribution in [0.1, 0.15) is 15.9 Å². The molecule has 1 aromatic heterocycles. The minimum atomic E-state index is -2.92. The molecule has 0 saturated carbocycles. The highest BCUT2D eigenvalue weighted by Crippen LogP contribution is 2.32.